The van der Waals surface area contributed by atoms with Gasteiger partial charge in [0.05, 0.1) is 10.4 Å². The summed E-state index contributed by atoms with van der Waals surface area (Å²) in [5.41, 5.74) is -2.67. The summed E-state index contributed by atoms with van der Waals surface area (Å²) in [5, 5.41) is 44.5. The van der Waals surface area contributed by atoms with Gasteiger partial charge >= 0.3 is 0 Å². The van der Waals surface area contributed by atoms with Crippen molar-refractivity contribution >= 4 is 33.5 Å². The fourth-order valence-electron chi connectivity index (χ4n) is 7.58. The Morgan fingerprint density at radius 1 is 1.31 bits per heavy atom. The highest BCUT2D eigenvalue weighted by Gasteiger charge is 2.74. The minimum Gasteiger partial charge on any atom is -0.550 e. The van der Waals surface area contributed by atoms with Crippen LogP contribution in [0.15, 0.2) is 23.8 Å². The quantitative estimate of drug-likeness (QED) is 0.477. The third kappa shape index (κ3) is 2.79. The van der Waals surface area contributed by atoms with Gasteiger partial charge in [0.25, 0.3) is 0 Å². The zero-order valence-electron chi connectivity index (χ0n) is 18.5. The number of carbonyl (C=O) groups excluding carboxylic acids is 3. The van der Waals surface area contributed by atoms with E-state index in [1.165, 1.54) is 6.08 Å². The van der Waals surface area contributed by atoms with Crippen LogP contribution in [0.2, 0.25) is 0 Å². The van der Waals surface area contributed by atoms with Crippen LogP contribution in [0.5, 0.6) is 0 Å². The van der Waals surface area contributed by atoms with Gasteiger partial charge in [-0.2, -0.15) is 0 Å². The zero-order chi connectivity index (χ0) is 23.9. The molecule has 4 aliphatic rings. The van der Waals surface area contributed by atoms with Crippen LogP contribution >= 0.6 is 15.9 Å². The molecule has 3 saturated carbocycles. The van der Waals surface area contributed by atoms with Gasteiger partial charge in [-0.05, 0) is 55.6 Å². The fraction of sp³-hybridized carbons (Fsp3) is 0.708. The summed E-state index contributed by atoms with van der Waals surface area (Å²) >= 11 is 3.92. The number of hydrogen-bond acceptors (Lipinski definition) is 7. The number of alkyl halides is 1. The number of allylic oxidation sites excluding steroid dienone is 4. The highest BCUT2D eigenvalue weighted by Crippen LogP contribution is 2.72. The fourth-order valence-corrected chi connectivity index (χ4v) is 8.67. The molecule has 4 rings (SSSR count). The van der Waals surface area contributed by atoms with Crippen LogP contribution in [0.25, 0.3) is 0 Å². The standard InChI is InChI=1S/C24H31BrO7/c1-12-8-16-15-5-4-13-9-14(26)6-7-21(13,2)23(15,25)18(28)11-22(16,3)24(12,32)20(31)17(27)10-19(29)30/h6-7,9,12,15-18,27-28,32H,4-5,8,10-11H2,1-3H3,(H,29,30)/p-1/t12?,15-,16-,17?,18?,21-,22-,23?,24-/m0/s1. The first-order valence-electron chi connectivity index (χ1n) is 11.2. The van der Waals surface area contributed by atoms with E-state index in [9.17, 15) is 34.8 Å². The largest absolute Gasteiger partial charge is 0.550 e. The number of aliphatic carboxylic acids is 1. The SMILES string of the molecule is CC1C[C@H]2[C@@H]3CCC4=CC(=O)C=C[C@]4(C)C3(Br)C(O)C[C@]2(C)[C@@]1(O)C(=O)C(O)CC(=O)[O-]. The second kappa shape index (κ2) is 7.32. The molecule has 4 aliphatic carbocycles. The molecular formula is C24H30BrO7-. The number of hydrogen-bond donors (Lipinski definition) is 3. The van der Waals surface area contributed by atoms with Crippen molar-refractivity contribution in [2.45, 2.75) is 75.0 Å². The Morgan fingerprint density at radius 2 is 1.97 bits per heavy atom. The molecular weight excluding hydrogens is 480 g/mol. The van der Waals surface area contributed by atoms with Crippen molar-refractivity contribution in [2.24, 2.45) is 28.6 Å². The average Bonchev–Trinajstić information content (AvgIpc) is 2.90. The van der Waals surface area contributed by atoms with Crippen LogP contribution in [0, 0.1) is 28.6 Å². The molecule has 0 aromatic carbocycles. The van der Waals surface area contributed by atoms with E-state index in [1.807, 2.05) is 13.0 Å². The molecule has 0 heterocycles. The normalized spacial score (nSPS) is 48.3. The number of Topliss-reactive ketones (excluding diaryl/α,β-unsaturated/α-hetero) is 1. The minimum atomic E-state index is -1.97. The van der Waals surface area contributed by atoms with Crippen molar-refractivity contribution in [2.75, 3.05) is 0 Å². The van der Waals surface area contributed by atoms with E-state index < -0.39 is 57.1 Å². The average molecular weight is 510 g/mol. The van der Waals surface area contributed by atoms with Crippen molar-refractivity contribution in [3.05, 3.63) is 23.8 Å². The van der Waals surface area contributed by atoms with E-state index >= 15 is 0 Å². The molecule has 9 atom stereocenters. The van der Waals surface area contributed by atoms with Gasteiger partial charge in [-0.15, -0.1) is 0 Å². The van der Waals surface area contributed by atoms with Gasteiger partial charge in [0, 0.05) is 23.2 Å². The molecule has 0 bridgehead atoms. The Morgan fingerprint density at radius 3 is 2.59 bits per heavy atom. The van der Waals surface area contributed by atoms with Gasteiger partial charge in [0.15, 0.2) is 11.6 Å². The molecule has 0 aromatic heterocycles. The van der Waals surface area contributed by atoms with Crippen molar-refractivity contribution in [3.63, 3.8) is 0 Å². The number of carbonyl (C=O) groups is 3. The summed E-state index contributed by atoms with van der Waals surface area (Å²) in [5.74, 6) is -3.36. The molecule has 0 spiro atoms. The van der Waals surface area contributed by atoms with Crippen molar-refractivity contribution in [3.8, 4) is 0 Å². The van der Waals surface area contributed by atoms with Crippen LogP contribution in [0.1, 0.15) is 52.9 Å². The third-order valence-electron chi connectivity index (χ3n) is 9.26. The van der Waals surface area contributed by atoms with Gasteiger partial charge in [-0.25, -0.2) is 0 Å². The number of aliphatic hydroxyl groups is 3. The van der Waals surface area contributed by atoms with E-state index in [2.05, 4.69) is 15.9 Å². The van der Waals surface area contributed by atoms with Gasteiger partial charge in [-0.1, -0.05) is 48.4 Å². The maximum atomic E-state index is 13.2. The molecule has 0 saturated heterocycles. The number of carboxylic acids is 1. The van der Waals surface area contributed by atoms with Crippen molar-refractivity contribution < 1.29 is 34.8 Å². The van der Waals surface area contributed by atoms with E-state index in [-0.39, 0.29) is 24.0 Å². The predicted octanol–water partition coefficient (Wildman–Crippen LogP) is 0.830. The number of halogens is 1. The Bertz CT molecular complexity index is 943. The Kier molecular flexibility index (Phi) is 5.45. The molecule has 32 heavy (non-hydrogen) atoms. The predicted molar refractivity (Wildman–Crippen MR) is 116 cm³/mol. The first-order valence-corrected chi connectivity index (χ1v) is 12.0. The second-order valence-corrected chi connectivity index (χ2v) is 11.9. The smallest absolute Gasteiger partial charge is 0.193 e. The van der Waals surface area contributed by atoms with Gasteiger partial charge in [0.2, 0.25) is 0 Å². The highest BCUT2D eigenvalue weighted by atomic mass is 79.9. The zero-order valence-corrected chi connectivity index (χ0v) is 20.1. The van der Waals surface area contributed by atoms with E-state index in [0.717, 1.165) is 5.57 Å². The maximum Gasteiger partial charge on any atom is 0.193 e. The summed E-state index contributed by atoms with van der Waals surface area (Å²) in [6.07, 6.45) is 3.25. The van der Waals surface area contributed by atoms with Crippen molar-refractivity contribution in [1.29, 1.82) is 0 Å². The minimum absolute atomic E-state index is 0.0708. The van der Waals surface area contributed by atoms with Gasteiger partial charge in [-0.3, -0.25) is 9.59 Å². The van der Waals surface area contributed by atoms with Crippen LogP contribution in [0.4, 0.5) is 0 Å². The summed E-state index contributed by atoms with van der Waals surface area (Å²) in [4.78, 5) is 36.2. The summed E-state index contributed by atoms with van der Waals surface area (Å²) in [7, 11) is 0. The first kappa shape index (κ1) is 23.8. The topological polar surface area (TPSA) is 135 Å². The molecule has 8 heteroatoms. The number of carboxylic acid groups (broad SMARTS) is 1. The van der Waals surface area contributed by atoms with E-state index in [1.54, 1.807) is 19.9 Å². The molecule has 3 fully saturated rings. The molecule has 176 valence electrons. The number of fused-ring (bicyclic) bond motifs is 5. The molecule has 3 N–H and O–H groups in total. The number of ketones is 2. The highest BCUT2D eigenvalue weighted by molar-refractivity contribution is 9.10. The lowest BCUT2D eigenvalue weighted by atomic mass is 9.46. The van der Waals surface area contributed by atoms with Crippen LogP contribution in [0.3, 0.4) is 0 Å². The van der Waals surface area contributed by atoms with Crippen LogP contribution in [-0.4, -0.2) is 55.0 Å². The Labute approximate surface area is 195 Å². The molecule has 0 radical (unpaired) electrons. The van der Waals surface area contributed by atoms with E-state index in [4.69, 9.17) is 0 Å². The monoisotopic (exact) mass is 509 g/mol. The molecule has 0 aliphatic heterocycles. The third-order valence-corrected chi connectivity index (χ3v) is 11.2. The number of rotatable bonds is 4. The number of aliphatic hydroxyl groups excluding tert-OH is 2. The molecule has 0 aromatic rings. The summed E-state index contributed by atoms with van der Waals surface area (Å²) in [6.45, 7) is 5.52. The molecule has 4 unspecified atom stereocenters. The van der Waals surface area contributed by atoms with E-state index in [0.29, 0.717) is 19.3 Å². The Balaban J connectivity index is 1.77. The second-order valence-electron chi connectivity index (χ2n) is 10.6. The maximum absolute atomic E-state index is 13.2. The lowest BCUT2D eigenvalue weighted by molar-refractivity contribution is -0.307. The van der Waals surface area contributed by atoms with Gasteiger partial charge < -0.3 is 25.2 Å². The molecule has 0 amide bonds. The summed E-state index contributed by atoms with van der Waals surface area (Å²) in [6, 6.07) is 0. The lowest BCUT2D eigenvalue weighted by Crippen LogP contribution is -2.69. The first-order chi connectivity index (χ1) is 14.7. The summed E-state index contributed by atoms with van der Waals surface area (Å²) < 4.78 is -0.789. The van der Waals surface area contributed by atoms with Crippen LogP contribution in [-0.2, 0) is 14.4 Å². The lowest BCUT2D eigenvalue weighted by Gasteiger charge is -2.64. The van der Waals surface area contributed by atoms with Crippen molar-refractivity contribution in [1.82, 2.24) is 0 Å². The Hall–Kier alpha value is -1.35. The van der Waals surface area contributed by atoms with Gasteiger partial charge in [0.1, 0.15) is 11.7 Å². The molecule has 7 nitrogen and oxygen atoms in total. The van der Waals surface area contributed by atoms with Crippen LogP contribution < -0.4 is 5.11 Å².